The monoisotopic (exact) mass is 334 g/mol. The first kappa shape index (κ1) is 16.4. The molecule has 0 unspecified atom stereocenters. The van der Waals surface area contributed by atoms with Gasteiger partial charge in [0.15, 0.2) is 0 Å². The molecule has 0 fully saturated rings. The van der Waals surface area contributed by atoms with Gasteiger partial charge in [-0.25, -0.2) is 9.97 Å². The Kier molecular flexibility index (Phi) is 4.10. The highest BCUT2D eigenvalue weighted by Crippen LogP contribution is 2.39. The summed E-state index contributed by atoms with van der Waals surface area (Å²) in [6.07, 6.45) is 4.73. The number of aromatic nitrogens is 2. The van der Waals surface area contributed by atoms with Crippen LogP contribution >= 0.6 is 0 Å². The molecule has 0 bridgehead atoms. The number of amides is 1. The fourth-order valence-corrected chi connectivity index (χ4v) is 2.93. The Labute approximate surface area is 145 Å². The molecule has 0 aliphatic heterocycles. The Balaban J connectivity index is 2.36. The number of aromatic hydroxyl groups is 1. The number of carbonyl (C=O) groups is 1. The summed E-state index contributed by atoms with van der Waals surface area (Å²) >= 11 is 0. The van der Waals surface area contributed by atoms with Crippen molar-refractivity contribution >= 4 is 11.6 Å². The lowest BCUT2D eigenvalue weighted by Crippen LogP contribution is -2.14. The Morgan fingerprint density at radius 2 is 1.76 bits per heavy atom. The zero-order chi connectivity index (χ0) is 18.1. The van der Waals surface area contributed by atoms with Crippen LogP contribution in [0.25, 0.3) is 22.3 Å². The van der Waals surface area contributed by atoms with Gasteiger partial charge < -0.3 is 16.6 Å². The highest BCUT2D eigenvalue weighted by atomic mass is 16.3. The van der Waals surface area contributed by atoms with Crippen molar-refractivity contribution in [1.29, 1.82) is 0 Å². The maximum atomic E-state index is 11.9. The van der Waals surface area contributed by atoms with E-state index in [1.165, 1.54) is 6.33 Å². The zero-order valence-corrected chi connectivity index (χ0v) is 13.9. The smallest absolute Gasteiger partial charge is 0.250 e. The fraction of sp³-hybridized carbons (Fsp3) is 0.105. The number of anilines is 1. The van der Waals surface area contributed by atoms with Crippen LogP contribution in [0, 0.1) is 13.8 Å². The summed E-state index contributed by atoms with van der Waals surface area (Å²) in [4.78, 5) is 19.9. The number of rotatable bonds is 3. The number of hydrogen-bond donors (Lipinski definition) is 3. The molecule has 6 nitrogen and oxygen atoms in total. The Morgan fingerprint density at radius 3 is 2.40 bits per heavy atom. The van der Waals surface area contributed by atoms with Crippen LogP contribution in [0.1, 0.15) is 21.5 Å². The molecule has 25 heavy (non-hydrogen) atoms. The van der Waals surface area contributed by atoms with Gasteiger partial charge in [0.05, 0.1) is 11.3 Å². The lowest BCUT2D eigenvalue weighted by atomic mass is 9.89. The molecule has 3 rings (SSSR count). The molecule has 1 aromatic heterocycles. The van der Waals surface area contributed by atoms with Gasteiger partial charge in [0.25, 0.3) is 5.91 Å². The fourth-order valence-electron chi connectivity index (χ4n) is 2.93. The minimum Gasteiger partial charge on any atom is -0.508 e. The van der Waals surface area contributed by atoms with Gasteiger partial charge in [0.2, 0.25) is 0 Å². The molecule has 0 atom stereocenters. The minimum atomic E-state index is -0.618. The van der Waals surface area contributed by atoms with Crippen LogP contribution in [0.15, 0.2) is 43.0 Å². The molecule has 6 heteroatoms. The Morgan fingerprint density at radius 1 is 1.08 bits per heavy atom. The Bertz CT molecular complexity index is 969. The van der Waals surface area contributed by atoms with Crippen LogP contribution in [0.5, 0.6) is 5.75 Å². The molecule has 126 valence electrons. The van der Waals surface area contributed by atoms with Crippen molar-refractivity contribution in [2.24, 2.45) is 5.73 Å². The third-order valence-corrected chi connectivity index (χ3v) is 4.25. The molecular formula is C19H18N4O2. The summed E-state index contributed by atoms with van der Waals surface area (Å²) < 4.78 is 0. The molecule has 0 spiro atoms. The molecule has 0 aliphatic rings. The first-order valence-corrected chi connectivity index (χ1v) is 7.68. The van der Waals surface area contributed by atoms with Gasteiger partial charge in [-0.2, -0.15) is 0 Å². The van der Waals surface area contributed by atoms with E-state index in [0.29, 0.717) is 11.1 Å². The van der Waals surface area contributed by atoms with E-state index in [1.807, 2.05) is 13.0 Å². The van der Waals surface area contributed by atoms with E-state index in [0.717, 1.165) is 22.3 Å². The number of primary amides is 1. The molecule has 3 aromatic rings. The molecule has 5 N–H and O–H groups in total. The predicted molar refractivity (Wildman–Crippen MR) is 97.0 cm³/mol. The lowest BCUT2D eigenvalue weighted by Gasteiger charge is -2.17. The average Bonchev–Trinajstić information content (AvgIpc) is 2.60. The molecule has 0 saturated heterocycles. The second kappa shape index (κ2) is 6.24. The van der Waals surface area contributed by atoms with E-state index in [-0.39, 0.29) is 17.0 Å². The summed E-state index contributed by atoms with van der Waals surface area (Å²) in [6.45, 7) is 3.73. The van der Waals surface area contributed by atoms with Crippen molar-refractivity contribution in [2.45, 2.75) is 13.8 Å². The van der Waals surface area contributed by atoms with Crippen LogP contribution in [0.2, 0.25) is 0 Å². The second-order valence-corrected chi connectivity index (χ2v) is 5.88. The molecular weight excluding hydrogens is 316 g/mol. The molecule has 0 aliphatic carbocycles. The number of hydrogen-bond acceptors (Lipinski definition) is 5. The topological polar surface area (TPSA) is 115 Å². The van der Waals surface area contributed by atoms with Crippen LogP contribution in [-0.2, 0) is 0 Å². The first-order chi connectivity index (χ1) is 11.9. The number of phenolic OH excluding ortho intramolecular Hbond substituents is 1. The number of phenols is 1. The average molecular weight is 334 g/mol. The maximum absolute atomic E-state index is 11.9. The van der Waals surface area contributed by atoms with Gasteiger partial charge in [-0.15, -0.1) is 0 Å². The van der Waals surface area contributed by atoms with Crippen molar-refractivity contribution in [3.63, 3.8) is 0 Å². The van der Waals surface area contributed by atoms with E-state index < -0.39 is 5.91 Å². The SMILES string of the molecule is Cc1ccc(O)c(C)c1-c1cc(-c2cncnc2)cc(C(N)=O)c1N. The van der Waals surface area contributed by atoms with Crippen molar-refractivity contribution in [1.82, 2.24) is 9.97 Å². The molecule has 0 saturated carbocycles. The summed E-state index contributed by atoms with van der Waals surface area (Å²) in [6, 6.07) is 6.93. The Hall–Kier alpha value is -3.41. The molecule has 1 heterocycles. The highest BCUT2D eigenvalue weighted by Gasteiger charge is 2.18. The largest absolute Gasteiger partial charge is 0.508 e. The van der Waals surface area contributed by atoms with Gasteiger partial charge in [-0.05, 0) is 54.3 Å². The van der Waals surface area contributed by atoms with Crippen molar-refractivity contribution in [3.8, 4) is 28.0 Å². The van der Waals surface area contributed by atoms with Crippen LogP contribution < -0.4 is 11.5 Å². The quantitative estimate of drug-likeness (QED) is 0.637. The van der Waals surface area contributed by atoms with Gasteiger partial charge in [-0.1, -0.05) is 6.07 Å². The lowest BCUT2D eigenvalue weighted by molar-refractivity contribution is 0.100. The predicted octanol–water partition coefficient (Wildman–Crippen LogP) is 2.81. The number of nitrogens with two attached hydrogens (primary N) is 2. The summed E-state index contributed by atoms with van der Waals surface area (Å²) in [7, 11) is 0. The van der Waals surface area contributed by atoms with Gasteiger partial charge >= 0.3 is 0 Å². The maximum Gasteiger partial charge on any atom is 0.250 e. The van der Waals surface area contributed by atoms with Crippen LogP contribution in [-0.4, -0.2) is 21.0 Å². The normalized spacial score (nSPS) is 10.6. The van der Waals surface area contributed by atoms with Gasteiger partial charge in [0, 0.05) is 23.5 Å². The number of nitrogen functional groups attached to an aromatic ring is 1. The molecule has 0 radical (unpaired) electrons. The number of aryl methyl sites for hydroxylation is 1. The number of nitrogens with zero attached hydrogens (tertiary/aromatic N) is 2. The van der Waals surface area contributed by atoms with E-state index >= 15 is 0 Å². The number of carbonyl (C=O) groups excluding carboxylic acids is 1. The van der Waals surface area contributed by atoms with Gasteiger partial charge in [0.1, 0.15) is 12.1 Å². The summed E-state index contributed by atoms with van der Waals surface area (Å²) in [5.41, 5.74) is 16.7. The number of benzene rings is 2. The summed E-state index contributed by atoms with van der Waals surface area (Å²) in [5.74, 6) is -0.456. The highest BCUT2D eigenvalue weighted by molar-refractivity contribution is 6.04. The summed E-state index contributed by atoms with van der Waals surface area (Å²) in [5, 5.41) is 10.1. The second-order valence-electron chi connectivity index (χ2n) is 5.88. The van der Waals surface area contributed by atoms with Crippen molar-refractivity contribution in [3.05, 3.63) is 59.7 Å². The van der Waals surface area contributed by atoms with Crippen molar-refractivity contribution < 1.29 is 9.90 Å². The van der Waals surface area contributed by atoms with Crippen LogP contribution in [0.3, 0.4) is 0 Å². The van der Waals surface area contributed by atoms with Gasteiger partial charge in [-0.3, -0.25) is 4.79 Å². The van der Waals surface area contributed by atoms with E-state index in [4.69, 9.17) is 11.5 Å². The minimum absolute atomic E-state index is 0.161. The third-order valence-electron chi connectivity index (χ3n) is 4.25. The standard InChI is InChI=1S/C19H18N4O2/c1-10-3-4-16(24)11(2)17(10)14-5-12(13-7-22-9-23-8-13)6-15(18(14)20)19(21)25/h3-9,24H,20H2,1-2H3,(H2,21,25). The van der Waals surface area contributed by atoms with E-state index in [2.05, 4.69) is 9.97 Å². The van der Waals surface area contributed by atoms with E-state index in [1.54, 1.807) is 37.5 Å². The first-order valence-electron chi connectivity index (χ1n) is 7.68. The molecule has 2 aromatic carbocycles. The van der Waals surface area contributed by atoms with Crippen LogP contribution in [0.4, 0.5) is 5.69 Å². The third kappa shape index (κ3) is 2.89. The zero-order valence-electron chi connectivity index (χ0n) is 13.9. The molecule has 1 amide bonds. The van der Waals surface area contributed by atoms with Crippen molar-refractivity contribution in [2.75, 3.05) is 5.73 Å². The van der Waals surface area contributed by atoms with E-state index in [9.17, 15) is 9.90 Å².